The molecule has 1 N–H and O–H groups in total. The Balaban J connectivity index is 1.89. The van der Waals surface area contributed by atoms with Gasteiger partial charge in [0, 0.05) is 6.42 Å². The van der Waals surface area contributed by atoms with Gasteiger partial charge in [0.15, 0.2) is 0 Å². The fourth-order valence-corrected chi connectivity index (χ4v) is 6.91. The molecule has 0 radical (unpaired) electrons. The Bertz CT molecular complexity index is 662. The normalized spacial score (nSPS) is 12.5. The molecular formula is C41H81N2+. The molecule has 0 fully saturated rings. The van der Waals surface area contributed by atoms with Gasteiger partial charge in [0.2, 0.25) is 0 Å². The number of aromatic nitrogens is 2. The smallest absolute Gasteiger partial charge is 0.248 e. The summed E-state index contributed by atoms with van der Waals surface area (Å²) in [6.07, 6.45) is 50.3. The van der Waals surface area contributed by atoms with Crippen molar-refractivity contribution in [2.24, 2.45) is 5.92 Å². The molecule has 0 saturated heterocycles. The molecule has 1 atom stereocenters. The lowest BCUT2D eigenvalue weighted by Crippen LogP contribution is -2.39. The summed E-state index contributed by atoms with van der Waals surface area (Å²) in [6, 6.07) is 0.632. The molecule has 0 aliphatic rings. The molecule has 1 unspecified atom stereocenters. The molecule has 1 aromatic heterocycles. The number of nitrogens with zero attached hydrogens (tertiary/aromatic N) is 1. The SMILES string of the molecule is CCCCCCCCCCCCCCCCCC(C)[n+]1cc[nH]c1CCCCCCCCCCCCCCCCC(C)C. The number of aromatic amines is 1. The van der Waals surface area contributed by atoms with Gasteiger partial charge in [-0.05, 0) is 32.1 Å². The third-order valence-corrected chi connectivity index (χ3v) is 9.94. The van der Waals surface area contributed by atoms with Crippen LogP contribution in [-0.2, 0) is 6.42 Å². The largest absolute Gasteiger partial charge is 0.254 e. The Kier molecular flexibility index (Phi) is 29.2. The minimum Gasteiger partial charge on any atom is -0.248 e. The zero-order chi connectivity index (χ0) is 31.1. The standard InChI is InChI=1S/C41H80N2/c1-5-6-7-8-9-10-11-12-13-17-20-23-26-29-32-35-40(4)43-38-37-42-41(43)36-33-30-27-24-21-18-15-14-16-19-22-25-28-31-34-39(2)3/h37-40H,5-36H2,1-4H3/p+1. The number of hydrogen-bond donors (Lipinski definition) is 1. The minimum absolute atomic E-state index is 0.632. The van der Waals surface area contributed by atoms with E-state index in [1.54, 1.807) is 0 Å². The van der Waals surface area contributed by atoms with Crippen LogP contribution in [-0.4, -0.2) is 4.98 Å². The first kappa shape index (κ1) is 40.2. The van der Waals surface area contributed by atoms with E-state index in [9.17, 15) is 0 Å². The van der Waals surface area contributed by atoms with Crippen LogP contribution in [0.3, 0.4) is 0 Å². The van der Waals surface area contributed by atoms with Crippen molar-refractivity contribution in [3.05, 3.63) is 18.2 Å². The molecule has 1 rings (SSSR count). The maximum Gasteiger partial charge on any atom is 0.254 e. The van der Waals surface area contributed by atoms with Gasteiger partial charge in [0.1, 0.15) is 12.4 Å². The number of H-pyrrole nitrogens is 1. The van der Waals surface area contributed by atoms with Crippen molar-refractivity contribution < 1.29 is 4.57 Å². The minimum atomic E-state index is 0.632. The zero-order valence-electron chi connectivity index (χ0n) is 30.4. The molecule has 0 aliphatic carbocycles. The Hall–Kier alpha value is -0.790. The molecule has 254 valence electrons. The second kappa shape index (κ2) is 31.2. The molecule has 1 aromatic rings. The lowest BCUT2D eigenvalue weighted by Gasteiger charge is -2.10. The Labute approximate surface area is 272 Å². The van der Waals surface area contributed by atoms with Crippen LogP contribution in [0.5, 0.6) is 0 Å². The lowest BCUT2D eigenvalue weighted by atomic mass is 10.0. The number of hydrogen-bond acceptors (Lipinski definition) is 0. The van der Waals surface area contributed by atoms with Gasteiger partial charge in [-0.2, -0.15) is 0 Å². The summed E-state index contributed by atoms with van der Waals surface area (Å²) in [5, 5.41) is 0. The monoisotopic (exact) mass is 602 g/mol. The predicted octanol–water partition coefficient (Wildman–Crippen LogP) is 14.2. The molecule has 0 bridgehead atoms. The molecule has 0 spiro atoms. The Morgan fingerprint density at radius 2 is 0.814 bits per heavy atom. The third-order valence-electron chi connectivity index (χ3n) is 9.94. The lowest BCUT2D eigenvalue weighted by molar-refractivity contribution is -0.726. The average molecular weight is 602 g/mol. The van der Waals surface area contributed by atoms with Gasteiger partial charge in [0.25, 0.3) is 5.82 Å². The van der Waals surface area contributed by atoms with Crippen LogP contribution in [0.25, 0.3) is 0 Å². The van der Waals surface area contributed by atoms with Crippen molar-refractivity contribution in [1.29, 1.82) is 0 Å². The van der Waals surface area contributed by atoms with Crippen molar-refractivity contribution in [2.45, 2.75) is 239 Å². The van der Waals surface area contributed by atoms with Crippen LogP contribution in [0.2, 0.25) is 0 Å². The van der Waals surface area contributed by atoms with E-state index in [1.165, 1.54) is 211 Å². The molecule has 2 nitrogen and oxygen atoms in total. The summed E-state index contributed by atoms with van der Waals surface area (Å²) in [5.74, 6) is 2.34. The summed E-state index contributed by atoms with van der Waals surface area (Å²) in [7, 11) is 0. The highest BCUT2D eigenvalue weighted by atomic mass is 15.1. The molecule has 0 aliphatic heterocycles. The maximum absolute atomic E-state index is 3.56. The summed E-state index contributed by atoms with van der Waals surface area (Å²) in [6.45, 7) is 9.43. The topological polar surface area (TPSA) is 19.7 Å². The van der Waals surface area contributed by atoms with Crippen LogP contribution in [0, 0.1) is 5.92 Å². The first-order chi connectivity index (χ1) is 21.1. The number of rotatable bonds is 34. The van der Waals surface area contributed by atoms with E-state index in [2.05, 4.69) is 49.6 Å². The summed E-state index contributed by atoms with van der Waals surface area (Å²) in [4.78, 5) is 3.56. The van der Waals surface area contributed by atoms with Crippen molar-refractivity contribution in [1.82, 2.24) is 4.98 Å². The first-order valence-corrected chi connectivity index (χ1v) is 20.2. The molecule has 43 heavy (non-hydrogen) atoms. The molecule has 1 heterocycles. The van der Waals surface area contributed by atoms with Crippen LogP contribution in [0.15, 0.2) is 12.4 Å². The van der Waals surface area contributed by atoms with Gasteiger partial charge in [-0.1, -0.05) is 201 Å². The van der Waals surface area contributed by atoms with E-state index in [0.29, 0.717) is 6.04 Å². The van der Waals surface area contributed by atoms with Crippen LogP contribution in [0.4, 0.5) is 0 Å². The maximum atomic E-state index is 3.56. The van der Waals surface area contributed by atoms with Crippen molar-refractivity contribution in [3.8, 4) is 0 Å². The molecule has 2 heteroatoms. The van der Waals surface area contributed by atoms with E-state index in [1.807, 2.05) is 0 Å². The zero-order valence-corrected chi connectivity index (χ0v) is 30.4. The quantitative estimate of drug-likeness (QED) is 0.0599. The van der Waals surface area contributed by atoms with E-state index < -0.39 is 0 Å². The fraction of sp³-hybridized carbons (Fsp3) is 0.927. The summed E-state index contributed by atoms with van der Waals surface area (Å²) >= 11 is 0. The second-order valence-electron chi connectivity index (χ2n) is 14.8. The number of nitrogens with one attached hydrogen (secondary N) is 1. The van der Waals surface area contributed by atoms with Crippen LogP contribution >= 0.6 is 0 Å². The van der Waals surface area contributed by atoms with E-state index in [0.717, 1.165) is 5.92 Å². The Morgan fingerprint density at radius 3 is 1.21 bits per heavy atom. The fourth-order valence-electron chi connectivity index (χ4n) is 6.91. The van der Waals surface area contributed by atoms with Gasteiger partial charge in [-0.15, -0.1) is 0 Å². The van der Waals surface area contributed by atoms with Gasteiger partial charge < -0.3 is 0 Å². The second-order valence-corrected chi connectivity index (χ2v) is 14.8. The number of aryl methyl sites for hydroxylation is 1. The van der Waals surface area contributed by atoms with E-state index >= 15 is 0 Å². The molecule has 0 amide bonds. The van der Waals surface area contributed by atoms with Gasteiger partial charge in [0.05, 0.1) is 6.04 Å². The van der Waals surface area contributed by atoms with Crippen molar-refractivity contribution in [2.75, 3.05) is 0 Å². The number of unbranched alkanes of at least 4 members (excludes halogenated alkanes) is 27. The summed E-state index contributed by atoms with van der Waals surface area (Å²) < 4.78 is 2.54. The van der Waals surface area contributed by atoms with Gasteiger partial charge in [-0.25, -0.2) is 9.55 Å². The molecule has 0 aromatic carbocycles. The van der Waals surface area contributed by atoms with E-state index in [4.69, 9.17) is 0 Å². The van der Waals surface area contributed by atoms with Gasteiger partial charge in [-0.3, -0.25) is 0 Å². The highest BCUT2D eigenvalue weighted by Crippen LogP contribution is 2.17. The van der Waals surface area contributed by atoms with Gasteiger partial charge >= 0.3 is 0 Å². The highest BCUT2D eigenvalue weighted by molar-refractivity contribution is 4.78. The van der Waals surface area contributed by atoms with Crippen LogP contribution < -0.4 is 4.57 Å². The van der Waals surface area contributed by atoms with Crippen molar-refractivity contribution >= 4 is 0 Å². The predicted molar refractivity (Wildman–Crippen MR) is 193 cm³/mol. The van der Waals surface area contributed by atoms with Crippen LogP contribution in [0.1, 0.15) is 239 Å². The Morgan fingerprint density at radius 1 is 0.465 bits per heavy atom. The third kappa shape index (κ3) is 26.2. The average Bonchev–Trinajstić information content (AvgIpc) is 3.47. The van der Waals surface area contributed by atoms with E-state index in [-0.39, 0.29) is 0 Å². The summed E-state index contributed by atoms with van der Waals surface area (Å²) in [5.41, 5.74) is 0. The molecule has 0 saturated carbocycles. The first-order valence-electron chi connectivity index (χ1n) is 20.2. The van der Waals surface area contributed by atoms with Crippen molar-refractivity contribution in [3.63, 3.8) is 0 Å². The highest BCUT2D eigenvalue weighted by Gasteiger charge is 2.16. The molecular weight excluding hydrogens is 520 g/mol. The number of imidazole rings is 1.